The summed E-state index contributed by atoms with van der Waals surface area (Å²) in [6.45, 7) is 0.194. The molecule has 0 bridgehead atoms. The van der Waals surface area contributed by atoms with Crippen LogP contribution in [0.1, 0.15) is 18.4 Å². The monoisotopic (exact) mass is 410 g/mol. The Morgan fingerprint density at radius 1 is 1.28 bits per heavy atom. The molecule has 158 valence electrons. The average molecular weight is 410 g/mol. The summed E-state index contributed by atoms with van der Waals surface area (Å²) in [6, 6.07) is 4.80. The van der Waals surface area contributed by atoms with Gasteiger partial charge in [0.2, 0.25) is 11.8 Å². The molecule has 29 heavy (non-hydrogen) atoms. The molecule has 3 aliphatic rings. The van der Waals surface area contributed by atoms with E-state index in [0.717, 1.165) is 13.1 Å². The number of rotatable bonds is 5. The molecule has 0 aliphatic carbocycles. The standard InChI is InChI=1S/C19H24F2N4O4/c20-19(21)29-14-3-1-2-13-12(14)4-5-25(13)18(27)10-15-22-16(11-17(26)23-15)24-6-8-28-9-7-24/h1-3,15-16,19,22H,4-11H2,(H,23,26). The molecule has 2 unspecified atom stereocenters. The van der Waals surface area contributed by atoms with E-state index in [1.54, 1.807) is 17.0 Å². The van der Waals surface area contributed by atoms with Crippen molar-refractivity contribution < 1.29 is 27.8 Å². The van der Waals surface area contributed by atoms with Crippen LogP contribution in [0.15, 0.2) is 18.2 Å². The van der Waals surface area contributed by atoms with E-state index in [2.05, 4.69) is 20.3 Å². The SMILES string of the molecule is O=C1CC(N2CCOCC2)NC(CC(=O)N2CCc3c(OC(F)F)cccc32)N1. The van der Waals surface area contributed by atoms with Crippen molar-refractivity contribution in [3.8, 4) is 5.75 Å². The van der Waals surface area contributed by atoms with E-state index in [9.17, 15) is 18.4 Å². The fraction of sp³-hybridized carbons (Fsp3) is 0.579. The van der Waals surface area contributed by atoms with Crippen LogP contribution in [0.5, 0.6) is 5.75 Å². The summed E-state index contributed by atoms with van der Waals surface area (Å²) in [7, 11) is 0. The Hall–Kier alpha value is -2.30. The molecule has 4 rings (SSSR count). The molecule has 1 aromatic rings. The van der Waals surface area contributed by atoms with Gasteiger partial charge in [0.05, 0.1) is 44.1 Å². The number of ether oxygens (including phenoxy) is 2. The lowest BCUT2D eigenvalue weighted by molar-refractivity contribution is -0.128. The van der Waals surface area contributed by atoms with E-state index < -0.39 is 12.8 Å². The van der Waals surface area contributed by atoms with E-state index in [4.69, 9.17) is 4.74 Å². The van der Waals surface area contributed by atoms with Crippen molar-refractivity contribution in [3.63, 3.8) is 0 Å². The van der Waals surface area contributed by atoms with E-state index in [-0.39, 0.29) is 30.2 Å². The molecule has 2 atom stereocenters. The number of alkyl halides is 2. The first kappa shape index (κ1) is 20.0. The predicted octanol–water partition coefficient (Wildman–Crippen LogP) is 0.661. The molecule has 2 N–H and O–H groups in total. The number of amides is 2. The zero-order valence-electron chi connectivity index (χ0n) is 15.9. The summed E-state index contributed by atoms with van der Waals surface area (Å²) >= 11 is 0. The maximum Gasteiger partial charge on any atom is 0.387 e. The van der Waals surface area contributed by atoms with E-state index in [1.807, 2.05) is 0 Å². The second-order valence-corrected chi connectivity index (χ2v) is 7.29. The van der Waals surface area contributed by atoms with Crippen LogP contribution >= 0.6 is 0 Å². The fourth-order valence-electron chi connectivity index (χ4n) is 4.15. The van der Waals surface area contributed by atoms with Gasteiger partial charge in [-0.1, -0.05) is 6.07 Å². The van der Waals surface area contributed by atoms with Gasteiger partial charge in [-0.2, -0.15) is 8.78 Å². The molecular weight excluding hydrogens is 386 g/mol. The van der Waals surface area contributed by atoms with E-state index in [1.165, 1.54) is 6.07 Å². The maximum atomic E-state index is 12.9. The number of hydrogen-bond acceptors (Lipinski definition) is 6. The zero-order valence-corrected chi connectivity index (χ0v) is 15.9. The summed E-state index contributed by atoms with van der Waals surface area (Å²) in [5.74, 6) is -0.185. The molecule has 8 nitrogen and oxygen atoms in total. The van der Waals surface area contributed by atoms with Crippen molar-refractivity contribution in [2.75, 3.05) is 37.7 Å². The maximum absolute atomic E-state index is 12.9. The number of nitrogens with one attached hydrogen (secondary N) is 2. The van der Waals surface area contributed by atoms with Gasteiger partial charge in [-0.3, -0.25) is 19.8 Å². The first-order valence-corrected chi connectivity index (χ1v) is 9.75. The fourth-order valence-corrected chi connectivity index (χ4v) is 4.15. The Labute approximate surface area is 167 Å². The Morgan fingerprint density at radius 2 is 2.07 bits per heavy atom. The normalized spacial score (nSPS) is 25.1. The lowest BCUT2D eigenvalue weighted by Gasteiger charge is -2.40. The summed E-state index contributed by atoms with van der Waals surface area (Å²) in [6.07, 6.45) is 0.228. The van der Waals surface area contributed by atoms with E-state index >= 15 is 0 Å². The molecule has 2 saturated heterocycles. The molecule has 1 aromatic carbocycles. The highest BCUT2D eigenvalue weighted by Crippen LogP contribution is 2.36. The quantitative estimate of drug-likeness (QED) is 0.742. The lowest BCUT2D eigenvalue weighted by atomic mass is 10.1. The van der Waals surface area contributed by atoms with Crippen LogP contribution in [0.3, 0.4) is 0 Å². The predicted molar refractivity (Wildman–Crippen MR) is 99.6 cm³/mol. The summed E-state index contributed by atoms with van der Waals surface area (Å²) in [5, 5.41) is 6.16. The van der Waals surface area contributed by atoms with Crippen LogP contribution in [0, 0.1) is 0 Å². The lowest BCUT2D eigenvalue weighted by Crippen LogP contribution is -2.63. The third kappa shape index (κ3) is 4.49. The molecule has 3 heterocycles. The van der Waals surface area contributed by atoms with Crippen LogP contribution < -0.4 is 20.3 Å². The van der Waals surface area contributed by atoms with Gasteiger partial charge >= 0.3 is 6.61 Å². The van der Waals surface area contributed by atoms with Crippen molar-refractivity contribution in [1.82, 2.24) is 15.5 Å². The van der Waals surface area contributed by atoms with Crippen LogP contribution in [-0.4, -0.2) is 68.5 Å². The number of carbonyl (C=O) groups is 2. The van der Waals surface area contributed by atoms with Crippen molar-refractivity contribution in [2.45, 2.75) is 38.2 Å². The number of halogens is 2. The number of anilines is 1. The minimum absolute atomic E-state index is 0.0753. The average Bonchev–Trinajstić information content (AvgIpc) is 3.13. The highest BCUT2D eigenvalue weighted by atomic mass is 19.3. The molecule has 0 radical (unpaired) electrons. The second-order valence-electron chi connectivity index (χ2n) is 7.29. The van der Waals surface area contributed by atoms with Crippen LogP contribution in [0.4, 0.5) is 14.5 Å². The molecule has 2 fully saturated rings. The van der Waals surface area contributed by atoms with Gasteiger partial charge in [0.15, 0.2) is 0 Å². The van der Waals surface area contributed by atoms with Crippen molar-refractivity contribution in [3.05, 3.63) is 23.8 Å². The first-order chi connectivity index (χ1) is 14.0. The Morgan fingerprint density at radius 3 is 2.83 bits per heavy atom. The first-order valence-electron chi connectivity index (χ1n) is 9.75. The van der Waals surface area contributed by atoms with Crippen LogP contribution in [0.25, 0.3) is 0 Å². The Kier molecular flexibility index (Phi) is 5.93. The van der Waals surface area contributed by atoms with Crippen molar-refractivity contribution in [2.24, 2.45) is 0 Å². The zero-order chi connectivity index (χ0) is 20.4. The third-order valence-electron chi connectivity index (χ3n) is 5.47. The molecule has 3 aliphatic heterocycles. The number of hydrogen-bond donors (Lipinski definition) is 2. The number of morpholine rings is 1. The van der Waals surface area contributed by atoms with Gasteiger partial charge in [0.25, 0.3) is 0 Å². The third-order valence-corrected chi connectivity index (χ3v) is 5.47. The second kappa shape index (κ2) is 8.60. The Bertz CT molecular complexity index is 773. The number of nitrogens with zero attached hydrogens (tertiary/aromatic N) is 2. The number of benzene rings is 1. The minimum atomic E-state index is -2.91. The highest BCUT2D eigenvalue weighted by molar-refractivity contribution is 5.96. The molecule has 0 saturated carbocycles. The largest absolute Gasteiger partial charge is 0.434 e. The van der Waals surface area contributed by atoms with Gasteiger partial charge in [0, 0.05) is 25.2 Å². The van der Waals surface area contributed by atoms with Gasteiger partial charge < -0.3 is 19.7 Å². The highest BCUT2D eigenvalue weighted by Gasteiger charge is 2.34. The van der Waals surface area contributed by atoms with Crippen molar-refractivity contribution >= 4 is 17.5 Å². The van der Waals surface area contributed by atoms with Crippen LogP contribution in [0.2, 0.25) is 0 Å². The van der Waals surface area contributed by atoms with E-state index in [0.29, 0.717) is 43.9 Å². The van der Waals surface area contributed by atoms with Gasteiger partial charge in [-0.25, -0.2) is 0 Å². The molecule has 0 spiro atoms. The number of carbonyl (C=O) groups excluding carboxylic acids is 2. The van der Waals surface area contributed by atoms with Crippen LogP contribution in [-0.2, 0) is 20.7 Å². The molecule has 0 aromatic heterocycles. The Balaban J connectivity index is 1.42. The summed E-state index contributed by atoms with van der Waals surface area (Å²) in [4.78, 5) is 28.8. The molecule has 10 heteroatoms. The van der Waals surface area contributed by atoms with Crippen molar-refractivity contribution in [1.29, 1.82) is 0 Å². The van der Waals surface area contributed by atoms with Gasteiger partial charge in [-0.05, 0) is 18.6 Å². The topological polar surface area (TPSA) is 83.1 Å². The smallest absolute Gasteiger partial charge is 0.387 e. The van der Waals surface area contributed by atoms with Gasteiger partial charge in [0.1, 0.15) is 5.75 Å². The minimum Gasteiger partial charge on any atom is -0.434 e. The summed E-state index contributed by atoms with van der Waals surface area (Å²) < 4.78 is 35.2. The van der Waals surface area contributed by atoms with Gasteiger partial charge in [-0.15, -0.1) is 0 Å². The molecular formula is C19H24F2N4O4. The summed E-state index contributed by atoms with van der Waals surface area (Å²) in [5.41, 5.74) is 1.19. The molecule has 2 amide bonds. The number of fused-ring (bicyclic) bond motifs is 1.